The number of hydrogen-bond acceptors (Lipinski definition) is 27. The van der Waals surface area contributed by atoms with Crippen LogP contribution in [0.4, 0.5) is 0 Å². The summed E-state index contributed by atoms with van der Waals surface area (Å²) in [5, 5.41) is 164. The van der Waals surface area contributed by atoms with Crippen LogP contribution in [0.1, 0.15) is 106 Å². The lowest BCUT2D eigenvalue weighted by Gasteiger charge is -2.74. The van der Waals surface area contributed by atoms with Crippen molar-refractivity contribution in [3.8, 4) is 0 Å². The van der Waals surface area contributed by atoms with Crippen LogP contribution in [0.3, 0.4) is 0 Å². The summed E-state index contributed by atoms with van der Waals surface area (Å²) in [6.07, 6.45) is -33.0. The van der Waals surface area contributed by atoms with Crippen molar-refractivity contribution in [1.29, 1.82) is 0 Å². The summed E-state index contributed by atoms with van der Waals surface area (Å²) >= 11 is 0. The van der Waals surface area contributed by atoms with Gasteiger partial charge in [0.25, 0.3) is 0 Å². The molecule has 0 aromatic rings. The van der Waals surface area contributed by atoms with E-state index in [1.54, 1.807) is 0 Å². The van der Waals surface area contributed by atoms with E-state index in [0.29, 0.717) is 25.9 Å². The lowest BCUT2D eigenvalue weighted by atomic mass is 9.30. The Morgan fingerprint density at radius 2 is 1.05 bits per heavy atom. The SMILES string of the molecule is CC1(C)C2CC[C@]3(C)C(CCC45OCC6(CC[C@]43C)C5C[C@@](C)(C=O)C[C@@H]6O)[C@@]2(C)CC[C@@H]1O[C@@H]1OC[C@H](O[C@@H]2O[C@H](CO)[C@@H](O)[C@H](O)[C@H]2O[C@@H]2OC[C@@H](O)[C@H](O)[C@H]2O)[C@H](O)[C@H]1O[C@@H]1O[C@H](CO)[C@@H](O[C@@H]2O[C@H](CO)[C@@H](O)[C@H](O)[C@H]2O)[C@H](O)[C@H]1O. The van der Waals surface area contributed by atoms with Gasteiger partial charge >= 0.3 is 0 Å². The van der Waals surface area contributed by atoms with Crippen LogP contribution in [0, 0.1) is 50.2 Å². The van der Waals surface area contributed by atoms with Gasteiger partial charge in [0.1, 0.15) is 116 Å². The Bertz CT molecular complexity index is 2340. The third-order valence-electron chi connectivity index (χ3n) is 24.0. The third kappa shape index (κ3) is 10.2. The molecule has 11 rings (SSSR count). The van der Waals surface area contributed by atoms with Crippen molar-refractivity contribution in [2.45, 2.75) is 265 Å². The number of aliphatic hydroxyl groups excluding tert-OH is 15. The molecule has 11 aliphatic rings. The van der Waals surface area contributed by atoms with E-state index in [9.17, 15) is 81.4 Å². The van der Waals surface area contributed by atoms with Crippen LogP contribution in [-0.4, -0.2) is 282 Å². The van der Waals surface area contributed by atoms with Gasteiger partial charge in [-0.3, -0.25) is 0 Å². The summed E-state index contributed by atoms with van der Waals surface area (Å²) in [6, 6.07) is 0. The summed E-state index contributed by atoms with van der Waals surface area (Å²) in [5.74, 6) is 0.380. The van der Waals surface area contributed by atoms with E-state index < -0.39 is 203 Å². The molecule has 0 aromatic carbocycles. The van der Waals surface area contributed by atoms with Gasteiger partial charge in [-0.05, 0) is 98.2 Å². The summed E-state index contributed by atoms with van der Waals surface area (Å²) in [6.45, 7) is 10.5. The normalized spacial score (nSPS) is 57.6. The predicted molar refractivity (Wildman–Crippen MR) is 283 cm³/mol. The molecule has 0 amide bonds. The highest BCUT2D eigenvalue weighted by atomic mass is 16.8. The first-order chi connectivity index (χ1) is 40.0. The molecule has 5 unspecified atom stereocenters. The Labute approximate surface area is 493 Å². The zero-order valence-electron chi connectivity index (χ0n) is 49.2. The molecule has 15 N–H and O–H groups in total. The molecule has 27 nitrogen and oxygen atoms in total. The van der Waals surface area contributed by atoms with E-state index >= 15 is 0 Å². The number of carbonyl (C=O) groups is 1. The maximum atomic E-state index is 12.7. The molecule has 6 heterocycles. The molecule has 5 aliphatic carbocycles. The fourth-order valence-electron chi connectivity index (χ4n) is 19.0. The topological polar surface area (TPSA) is 422 Å². The molecule has 0 radical (unpaired) electrons. The molecule has 5 saturated carbocycles. The van der Waals surface area contributed by atoms with Crippen LogP contribution in [0.25, 0.3) is 0 Å². The third-order valence-corrected chi connectivity index (χ3v) is 24.0. The molecule has 6 aliphatic heterocycles. The second kappa shape index (κ2) is 23.6. The van der Waals surface area contributed by atoms with Crippen LogP contribution in [0.2, 0.25) is 0 Å². The molecule has 488 valence electrons. The second-order valence-corrected chi connectivity index (χ2v) is 28.6. The molecule has 34 atom stereocenters. The Kier molecular flexibility index (Phi) is 18.1. The molecular weight excluding hydrogens is 1130 g/mol. The van der Waals surface area contributed by atoms with E-state index in [2.05, 4.69) is 34.6 Å². The average molecular weight is 1220 g/mol. The van der Waals surface area contributed by atoms with Gasteiger partial charge in [0.2, 0.25) is 0 Å². The minimum atomic E-state index is -2.07. The van der Waals surface area contributed by atoms with Gasteiger partial charge in [0.15, 0.2) is 31.5 Å². The molecule has 85 heavy (non-hydrogen) atoms. The van der Waals surface area contributed by atoms with Gasteiger partial charge in [-0.15, -0.1) is 0 Å². The van der Waals surface area contributed by atoms with Gasteiger partial charge in [-0.25, -0.2) is 0 Å². The second-order valence-electron chi connectivity index (χ2n) is 28.6. The number of aliphatic hydroxyl groups is 15. The number of fused-ring (bicyclic) bond motifs is 4. The van der Waals surface area contributed by atoms with Crippen LogP contribution in [-0.2, 0) is 56.9 Å². The fraction of sp³-hybridized carbons (Fsp3) is 0.983. The van der Waals surface area contributed by atoms with E-state index in [1.165, 1.54) is 0 Å². The van der Waals surface area contributed by atoms with Gasteiger partial charge in [-0.2, -0.15) is 0 Å². The average Bonchev–Trinajstić information content (AvgIpc) is 1.65. The van der Waals surface area contributed by atoms with Crippen molar-refractivity contribution in [2.75, 3.05) is 39.6 Å². The monoisotopic (exact) mass is 1220 g/mol. The Morgan fingerprint density at radius 3 is 1.72 bits per heavy atom. The minimum Gasteiger partial charge on any atom is -0.394 e. The van der Waals surface area contributed by atoms with Gasteiger partial charge in [0, 0.05) is 16.2 Å². The smallest absolute Gasteiger partial charge is 0.187 e. The van der Waals surface area contributed by atoms with Crippen molar-refractivity contribution in [1.82, 2.24) is 0 Å². The molecule has 2 bridgehead atoms. The Hall–Kier alpha value is -1.37. The summed E-state index contributed by atoms with van der Waals surface area (Å²) in [4.78, 5) is 12.7. The van der Waals surface area contributed by atoms with E-state index in [-0.39, 0.29) is 39.4 Å². The highest BCUT2D eigenvalue weighted by Crippen LogP contribution is 2.80. The summed E-state index contributed by atoms with van der Waals surface area (Å²) < 4.78 is 67.9. The predicted octanol–water partition coefficient (Wildman–Crippen LogP) is -4.07. The number of rotatable bonds is 14. The van der Waals surface area contributed by atoms with Crippen molar-refractivity contribution in [2.24, 2.45) is 50.2 Å². The van der Waals surface area contributed by atoms with Gasteiger partial charge < -0.3 is 133 Å². The van der Waals surface area contributed by atoms with Crippen molar-refractivity contribution < 1.29 is 133 Å². The molecular formula is C58H94O27. The highest BCUT2D eigenvalue weighted by Gasteiger charge is 2.79. The van der Waals surface area contributed by atoms with Crippen LogP contribution >= 0.6 is 0 Å². The van der Waals surface area contributed by atoms with E-state index in [0.717, 1.165) is 51.2 Å². The summed E-state index contributed by atoms with van der Waals surface area (Å²) in [5.41, 5.74) is -2.77. The largest absolute Gasteiger partial charge is 0.394 e. The molecule has 0 aromatic heterocycles. The van der Waals surface area contributed by atoms with E-state index in [1.807, 2.05) is 6.92 Å². The Morgan fingerprint density at radius 1 is 0.482 bits per heavy atom. The van der Waals surface area contributed by atoms with E-state index in [4.69, 9.17) is 52.1 Å². The number of aldehydes is 1. The first-order valence-corrected chi connectivity index (χ1v) is 30.6. The molecule has 11 fully saturated rings. The standard InChI is InChI=1S/C58H94O27/c1-52(2)29-7-11-55(5)30(8-12-58-31-15-53(3,22-62)16-32(64)57(31,23-77-58)14-13-56(55,58)6)54(29,4)10-9-33(52)82-50-45(85-49-43(74)40(71)44(27(19-61)80-49)83-48-42(73)38(69)35(66)25(17-59)78-48)37(68)28(21-76-50)81-51-46(39(70)36(67)26(18-60)79-51)84-47-41(72)34(65)24(63)20-75-47/h22,24-51,59-61,63-74H,7-21,23H2,1-6H3/t24-,25-,26-,27-,28+,29?,30?,31?,32+,33+,34+,35-,36-,37+,38+,39+,40-,41-,42-,43-,44-,45-,46-,47+,48+,49+,50+,51+,53-,54+,55-,56+,57?,58?/m1/s1. The van der Waals surface area contributed by atoms with Crippen molar-refractivity contribution in [3.05, 3.63) is 0 Å². The van der Waals surface area contributed by atoms with Crippen LogP contribution in [0.15, 0.2) is 0 Å². The first-order valence-electron chi connectivity index (χ1n) is 30.6. The quantitative estimate of drug-likeness (QED) is 0.0581. The lowest BCUT2D eigenvalue weighted by molar-refractivity contribution is -0.398. The fourth-order valence-corrected chi connectivity index (χ4v) is 19.0. The Balaban J connectivity index is 0.854. The molecule has 1 spiro atoms. The van der Waals surface area contributed by atoms with Crippen molar-refractivity contribution in [3.63, 3.8) is 0 Å². The number of hydrogen-bond donors (Lipinski definition) is 15. The van der Waals surface area contributed by atoms with Gasteiger partial charge in [0.05, 0.1) is 57.5 Å². The zero-order valence-corrected chi connectivity index (χ0v) is 49.2. The maximum absolute atomic E-state index is 12.7. The highest BCUT2D eigenvalue weighted by molar-refractivity contribution is 5.59. The van der Waals surface area contributed by atoms with Crippen LogP contribution < -0.4 is 0 Å². The molecule has 6 saturated heterocycles. The minimum absolute atomic E-state index is 0.0368. The number of carbonyl (C=O) groups excluding carboxylic acids is 1. The lowest BCUT2D eigenvalue weighted by Crippen LogP contribution is -2.73. The molecule has 27 heteroatoms. The summed E-state index contributed by atoms with van der Waals surface area (Å²) in [7, 11) is 0. The maximum Gasteiger partial charge on any atom is 0.187 e. The van der Waals surface area contributed by atoms with Crippen molar-refractivity contribution >= 4 is 6.29 Å². The first kappa shape index (κ1) is 65.1. The number of ether oxygens (including phenoxy) is 11. The van der Waals surface area contributed by atoms with Crippen LogP contribution in [0.5, 0.6) is 0 Å². The zero-order chi connectivity index (χ0) is 61.5. The van der Waals surface area contributed by atoms with Gasteiger partial charge in [-0.1, -0.05) is 41.5 Å².